The Morgan fingerprint density at radius 1 is 1.57 bits per heavy atom. The van der Waals surface area contributed by atoms with Crippen molar-refractivity contribution in [2.75, 3.05) is 12.9 Å². The number of aromatic nitrogens is 4. The number of carbonyl (C=O) groups excluding carboxylic acids is 2. The van der Waals surface area contributed by atoms with Crippen LogP contribution in [-0.2, 0) is 26.2 Å². The first-order chi connectivity index (χ1) is 14.2. The summed E-state index contributed by atoms with van der Waals surface area (Å²) in [5.41, 5.74) is 4.11. The van der Waals surface area contributed by atoms with Crippen LogP contribution in [-0.4, -0.2) is 88.0 Å². The third kappa shape index (κ3) is 3.39. The Kier molecular flexibility index (Phi) is 6.47. The van der Waals surface area contributed by atoms with Crippen LogP contribution >= 0.6 is 35.7 Å². The zero-order chi connectivity index (χ0) is 22.2. The average molecular weight is 474 g/mol. The predicted molar refractivity (Wildman–Crippen MR) is 113 cm³/mol. The van der Waals surface area contributed by atoms with E-state index in [9.17, 15) is 19.5 Å². The van der Waals surface area contributed by atoms with E-state index in [0.717, 1.165) is 22.0 Å². The maximum absolute atomic E-state index is 12.8. The van der Waals surface area contributed by atoms with Crippen LogP contribution in [0.1, 0.15) is 12.7 Å². The SMILES string of the molecule is CCSC(N)C(=O)NC1S[C@@H]2N(C(=O)[C@]2(C=S)OC)C(C(=O)O)=C1c1nnnn1C. The number of carboxylic acids is 1. The van der Waals surface area contributed by atoms with E-state index >= 15 is 0 Å². The Morgan fingerprint density at radius 3 is 2.77 bits per heavy atom. The molecular formula is C15H19N7O5S3. The quantitative estimate of drug-likeness (QED) is 0.234. The zero-order valence-corrected chi connectivity index (χ0v) is 18.6. The normalized spacial score (nSPS) is 26.7. The standard InChI is InChI=1S/C15H19N7O5S3/c1-4-29-8(16)10(23)17-11-6(9-18-19-20-21(9)2)7(12(24)25)22-13(26)15(5-28,27-3)14(22)30-11/h5,8,11,14H,4,16H2,1-3H3,(H,17,23)(H,24,25)/t8?,11?,14-,15-/m0/s1. The topological polar surface area (TPSA) is 166 Å². The fourth-order valence-electron chi connectivity index (χ4n) is 3.17. The van der Waals surface area contributed by atoms with E-state index in [0.29, 0.717) is 5.75 Å². The molecule has 4 N–H and O–H groups in total. The molecule has 12 nitrogen and oxygen atoms in total. The van der Waals surface area contributed by atoms with Gasteiger partial charge in [0, 0.05) is 19.5 Å². The second kappa shape index (κ2) is 8.58. The number of aryl methyl sites for hydroxylation is 1. The highest BCUT2D eigenvalue weighted by Crippen LogP contribution is 2.51. The number of rotatable bonds is 8. The predicted octanol–water partition coefficient (Wildman–Crippen LogP) is -1.21. The molecule has 4 atom stereocenters. The van der Waals surface area contributed by atoms with Crippen LogP contribution in [0.4, 0.5) is 0 Å². The van der Waals surface area contributed by atoms with Gasteiger partial charge in [-0.2, -0.15) is 0 Å². The molecule has 15 heteroatoms. The minimum Gasteiger partial charge on any atom is -0.477 e. The number of thioether (sulfide) groups is 2. The molecule has 1 fully saturated rings. The van der Waals surface area contributed by atoms with Crippen molar-refractivity contribution in [2.24, 2.45) is 12.8 Å². The highest BCUT2D eigenvalue weighted by atomic mass is 32.2. The molecule has 3 heterocycles. The Labute approximate surface area is 184 Å². The zero-order valence-electron chi connectivity index (χ0n) is 16.1. The molecule has 3 rings (SSSR count). The molecular weight excluding hydrogens is 454 g/mol. The number of amides is 2. The van der Waals surface area contributed by atoms with Gasteiger partial charge in [0.15, 0.2) is 5.82 Å². The van der Waals surface area contributed by atoms with Gasteiger partial charge < -0.3 is 20.9 Å². The van der Waals surface area contributed by atoms with E-state index in [4.69, 9.17) is 22.7 Å². The van der Waals surface area contributed by atoms with E-state index < -0.39 is 39.5 Å². The van der Waals surface area contributed by atoms with Gasteiger partial charge >= 0.3 is 5.97 Å². The first-order valence-corrected chi connectivity index (χ1v) is 11.1. The summed E-state index contributed by atoms with van der Waals surface area (Å²) in [6, 6.07) is 0. The van der Waals surface area contributed by atoms with Crippen LogP contribution in [0.3, 0.4) is 0 Å². The van der Waals surface area contributed by atoms with Gasteiger partial charge in [0.25, 0.3) is 5.91 Å². The van der Waals surface area contributed by atoms with Crippen LogP contribution in [0.5, 0.6) is 0 Å². The van der Waals surface area contributed by atoms with E-state index in [-0.39, 0.29) is 17.1 Å². The lowest BCUT2D eigenvalue weighted by Gasteiger charge is -2.55. The number of nitrogens with two attached hydrogens (primary N) is 1. The molecule has 1 saturated heterocycles. The molecule has 2 aliphatic heterocycles. The van der Waals surface area contributed by atoms with Gasteiger partial charge in [-0.15, -0.1) is 28.6 Å². The summed E-state index contributed by atoms with van der Waals surface area (Å²) in [7, 11) is 2.83. The molecule has 1 aromatic rings. The van der Waals surface area contributed by atoms with E-state index in [1.807, 2.05) is 6.92 Å². The van der Waals surface area contributed by atoms with Crippen LogP contribution in [0.25, 0.3) is 5.57 Å². The van der Waals surface area contributed by atoms with Crippen molar-refractivity contribution in [3.63, 3.8) is 0 Å². The van der Waals surface area contributed by atoms with Crippen molar-refractivity contribution in [3.05, 3.63) is 11.5 Å². The number of ether oxygens (including phenoxy) is 1. The van der Waals surface area contributed by atoms with Gasteiger partial charge in [0.2, 0.25) is 11.5 Å². The minimum absolute atomic E-state index is 0.0701. The van der Waals surface area contributed by atoms with Gasteiger partial charge in [-0.3, -0.25) is 14.5 Å². The maximum atomic E-state index is 12.8. The summed E-state index contributed by atoms with van der Waals surface area (Å²) in [5.74, 6) is -1.80. The first kappa shape index (κ1) is 22.6. The van der Waals surface area contributed by atoms with E-state index in [1.165, 1.54) is 30.6 Å². The van der Waals surface area contributed by atoms with Crippen molar-refractivity contribution < 1.29 is 24.2 Å². The van der Waals surface area contributed by atoms with Gasteiger partial charge in [-0.25, -0.2) is 9.48 Å². The van der Waals surface area contributed by atoms with Crippen LogP contribution < -0.4 is 11.1 Å². The fourth-order valence-corrected chi connectivity index (χ4v) is 5.75. The van der Waals surface area contributed by atoms with Crippen LogP contribution in [0.2, 0.25) is 0 Å². The number of tetrazole rings is 1. The monoisotopic (exact) mass is 473 g/mol. The second-order valence-corrected chi connectivity index (χ2v) is 9.08. The van der Waals surface area contributed by atoms with E-state index in [2.05, 4.69) is 20.8 Å². The summed E-state index contributed by atoms with van der Waals surface area (Å²) in [5, 5.41) is 22.4. The molecule has 2 aliphatic rings. The summed E-state index contributed by atoms with van der Waals surface area (Å²) < 4.78 is 6.60. The molecule has 30 heavy (non-hydrogen) atoms. The number of hydrogen-bond acceptors (Lipinski definition) is 11. The number of aliphatic carboxylic acids is 1. The molecule has 0 radical (unpaired) electrons. The highest BCUT2D eigenvalue weighted by molar-refractivity contribution is 8.01. The van der Waals surface area contributed by atoms with Crippen molar-refractivity contribution >= 4 is 64.5 Å². The number of carbonyl (C=O) groups is 3. The molecule has 0 aromatic carbocycles. The molecule has 162 valence electrons. The molecule has 0 aliphatic carbocycles. The van der Waals surface area contributed by atoms with Gasteiger partial charge in [0.05, 0.1) is 5.57 Å². The van der Waals surface area contributed by atoms with E-state index in [1.54, 1.807) is 0 Å². The van der Waals surface area contributed by atoms with Gasteiger partial charge in [-0.1, -0.05) is 19.1 Å². The molecule has 0 saturated carbocycles. The third-order valence-electron chi connectivity index (χ3n) is 4.63. The number of hydrogen-bond donors (Lipinski definition) is 3. The molecule has 2 amide bonds. The molecule has 0 bridgehead atoms. The van der Waals surface area contributed by atoms with Crippen molar-refractivity contribution in [1.82, 2.24) is 30.4 Å². The van der Waals surface area contributed by atoms with Crippen LogP contribution in [0, 0.1) is 0 Å². The Morgan fingerprint density at radius 2 is 2.27 bits per heavy atom. The minimum atomic E-state index is -1.49. The number of thiocarbonyl (C=S) groups is 1. The Hall–Kier alpha value is -2.07. The number of fused-ring (bicyclic) bond motifs is 1. The average Bonchev–Trinajstić information content (AvgIpc) is 3.13. The highest BCUT2D eigenvalue weighted by Gasteiger charge is 2.66. The Bertz CT molecular complexity index is 937. The number of methoxy groups -OCH3 is 1. The number of carboxylic acid groups (broad SMARTS) is 1. The summed E-state index contributed by atoms with van der Waals surface area (Å²) in [6.45, 7) is 1.86. The van der Waals surface area contributed by atoms with Crippen molar-refractivity contribution in [1.29, 1.82) is 0 Å². The Balaban J connectivity index is 2.13. The number of nitrogens with one attached hydrogen (secondary N) is 1. The summed E-state index contributed by atoms with van der Waals surface area (Å²) >= 11 is 7.32. The number of β-lactam (4-membered cyclic amide) rings is 1. The summed E-state index contributed by atoms with van der Waals surface area (Å²) in [6.07, 6.45) is 0. The molecule has 2 unspecified atom stereocenters. The first-order valence-electron chi connectivity index (χ1n) is 8.61. The lowest BCUT2D eigenvalue weighted by Crippen LogP contribution is -2.76. The smallest absolute Gasteiger partial charge is 0.353 e. The lowest BCUT2D eigenvalue weighted by atomic mass is 9.91. The van der Waals surface area contributed by atoms with Gasteiger partial charge in [-0.05, 0) is 16.2 Å². The van der Waals surface area contributed by atoms with Crippen LogP contribution in [0.15, 0.2) is 5.70 Å². The largest absolute Gasteiger partial charge is 0.477 e. The maximum Gasteiger partial charge on any atom is 0.353 e. The summed E-state index contributed by atoms with van der Waals surface area (Å²) in [4.78, 5) is 38.7. The van der Waals surface area contributed by atoms with Crippen molar-refractivity contribution in [3.8, 4) is 0 Å². The van der Waals surface area contributed by atoms with Crippen molar-refractivity contribution in [2.45, 2.75) is 28.6 Å². The fraction of sp³-hybridized carbons (Fsp3) is 0.533. The lowest BCUT2D eigenvalue weighted by molar-refractivity contribution is -0.169. The van der Waals surface area contributed by atoms with Gasteiger partial charge in [0.1, 0.15) is 21.8 Å². The third-order valence-corrected chi connectivity index (χ3v) is 7.33. The second-order valence-electron chi connectivity index (χ2n) is 6.24. The molecule has 1 aromatic heterocycles. The molecule has 0 spiro atoms. The number of nitrogens with zero attached hydrogens (tertiary/aromatic N) is 5.